The van der Waals surface area contributed by atoms with Crippen LogP contribution in [-0.4, -0.2) is 32.3 Å². The van der Waals surface area contributed by atoms with Crippen molar-refractivity contribution in [3.8, 4) is 0 Å². The van der Waals surface area contributed by atoms with Gasteiger partial charge in [-0.3, -0.25) is 9.59 Å². The number of hydrogen-bond acceptors (Lipinski definition) is 5. The van der Waals surface area contributed by atoms with E-state index in [1.165, 1.54) is 36.4 Å². The third-order valence-electron chi connectivity index (χ3n) is 4.20. The Morgan fingerprint density at radius 3 is 2.43 bits per heavy atom. The van der Waals surface area contributed by atoms with Gasteiger partial charge in [-0.2, -0.15) is 0 Å². The second-order valence-electron chi connectivity index (χ2n) is 6.39. The first-order valence-corrected chi connectivity index (χ1v) is 9.97. The Labute approximate surface area is 175 Å². The number of rotatable bonds is 7. The standard InChI is InChI=1S/C20H19F2N5O2S/c1-12(23-19(29)13-7-3-4-8-14(13)21)18-25-26-20(27(18)2)30-11-17(28)24-16-10-6-5-9-15(16)22/h3-10,12H,11H2,1-2H3,(H,23,29)(H,24,28). The lowest BCUT2D eigenvalue weighted by molar-refractivity contribution is -0.113. The number of anilines is 1. The van der Waals surface area contributed by atoms with Crippen LogP contribution in [0.25, 0.3) is 0 Å². The van der Waals surface area contributed by atoms with E-state index in [-0.39, 0.29) is 17.0 Å². The Morgan fingerprint density at radius 2 is 1.73 bits per heavy atom. The van der Waals surface area contributed by atoms with E-state index in [2.05, 4.69) is 20.8 Å². The molecule has 30 heavy (non-hydrogen) atoms. The maximum atomic E-state index is 13.8. The average Bonchev–Trinajstić information content (AvgIpc) is 3.09. The monoisotopic (exact) mass is 431 g/mol. The van der Waals surface area contributed by atoms with Crippen molar-refractivity contribution in [1.82, 2.24) is 20.1 Å². The second-order valence-corrected chi connectivity index (χ2v) is 7.33. The summed E-state index contributed by atoms with van der Waals surface area (Å²) in [6.45, 7) is 1.70. The zero-order valence-electron chi connectivity index (χ0n) is 16.2. The van der Waals surface area contributed by atoms with E-state index in [0.717, 1.165) is 11.8 Å². The van der Waals surface area contributed by atoms with Crippen molar-refractivity contribution < 1.29 is 18.4 Å². The van der Waals surface area contributed by atoms with Gasteiger partial charge in [0.05, 0.1) is 23.0 Å². The Morgan fingerprint density at radius 1 is 1.07 bits per heavy atom. The fourth-order valence-corrected chi connectivity index (χ4v) is 3.41. The molecule has 0 bridgehead atoms. The smallest absolute Gasteiger partial charge is 0.254 e. The van der Waals surface area contributed by atoms with Gasteiger partial charge in [-0.15, -0.1) is 10.2 Å². The van der Waals surface area contributed by atoms with Gasteiger partial charge >= 0.3 is 0 Å². The SMILES string of the molecule is CC(NC(=O)c1ccccc1F)c1nnc(SCC(=O)Nc2ccccc2F)n1C. The van der Waals surface area contributed by atoms with Crippen LogP contribution >= 0.6 is 11.8 Å². The molecule has 3 aromatic rings. The van der Waals surface area contributed by atoms with Crippen LogP contribution in [0.4, 0.5) is 14.5 Å². The highest BCUT2D eigenvalue weighted by atomic mass is 32.2. The molecule has 3 rings (SSSR count). The summed E-state index contributed by atoms with van der Waals surface area (Å²) in [6.07, 6.45) is 0. The molecule has 0 saturated carbocycles. The van der Waals surface area contributed by atoms with Crippen LogP contribution in [0.2, 0.25) is 0 Å². The van der Waals surface area contributed by atoms with Gasteiger partial charge in [0.25, 0.3) is 5.91 Å². The van der Waals surface area contributed by atoms with Gasteiger partial charge in [-0.05, 0) is 31.2 Å². The molecule has 0 aliphatic carbocycles. The predicted octanol–water partition coefficient (Wildman–Crippen LogP) is 3.32. The van der Waals surface area contributed by atoms with Gasteiger partial charge in [0.15, 0.2) is 11.0 Å². The van der Waals surface area contributed by atoms with Crippen LogP contribution in [0.5, 0.6) is 0 Å². The maximum Gasteiger partial charge on any atom is 0.254 e. The highest BCUT2D eigenvalue weighted by molar-refractivity contribution is 7.99. The number of thioether (sulfide) groups is 1. The van der Waals surface area contributed by atoms with E-state index >= 15 is 0 Å². The van der Waals surface area contributed by atoms with Gasteiger partial charge < -0.3 is 15.2 Å². The molecule has 0 spiro atoms. The van der Waals surface area contributed by atoms with Crippen LogP contribution in [-0.2, 0) is 11.8 Å². The highest BCUT2D eigenvalue weighted by Crippen LogP contribution is 2.20. The van der Waals surface area contributed by atoms with Gasteiger partial charge in [0.1, 0.15) is 11.6 Å². The molecule has 10 heteroatoms. The Balaban J connectivity index is 1.60. The van der Waals surface area contributed by atoms with Crippen molar-refractivity contribution in [2.75, 3.05) is 11.1 Å². The minimum atomic E-state index is -0.614. The number of halogens is 2. The first-order valence-electron chi connectivity index (χ1n) is 8.98. The molecule has 0 aliphatic rings. The molecule has 1 heterocycles. The average molecular weight is 431 g/mol. The molecule has 1 unspecified atom stereocenters. The van der Waals surface area contributed by atoms with Crippen LogP contribution in [0, 0.1) is 11.6 Å². The Kier molecular flexibility index (Phi) is 6.78. The zero-order chi connectivity index (χ0) is 21.7. The number of amides is 2. The minimum absolute atomic E-state index is 0.00370. The van der Waals surface area contributed by atoms with E-state index in [1.807, 2.05) is 0 Å². The van der Waals surface area contributed by atoms with E-state index in [0.29, 0.717) is 11.0 Å². The van der Waals surface area contributed by atoms with E-state index < -0.39 is 29.5 Å². The number of nitrogens with zero attached hydrogens (tertiary/aromatic N) is 3. The summed E-state index contributed by atoms with van der Waals surface area (Å²) in [5.74, 6) is -1.65. The van der Waals surface area contributed by atoms with E-state index in [9.17, 15) is 18.4 Å². The first kappa shape index (κ1) is 21.4. The molecule has 1 aromatic heterocycles. The molecule has 0 fully saturated rings. The largest absolute Gasteiger partial charge is 0.342 e. The van der Waals surface area contributed by atoms with Crippen LogP contribution in [0.3, 0.4) is 0 Å². The van der Waals surface area contributed by atoms with Gasteiger partial charge in [-0.1, -0.05) is 36.0 Å². The van der Waals surface area contributed by atoms with Crippen molar-refractivity contribution in [2.45, 2.75) is 18.1 Å². The fourth-order valence-electron chi connectivity index (χ4n) is 2.69. The van der Waals surface area contributed by atoms with Crippen molar-refractivity contribution in [1.29, 1.82) is 0 Å². The number of para-hydroxylation sites is 1. The van der Waals surface area contributed by atoms with Gasteiger partial charge in [0.2, 0.25) is 5.91 Å². The van der Waals surface area contributed by atoms with Crippen molar-refractivity contribution >= 4 is 29.3 Å². The summed E-state index contributed by atoms with van der Waals surface area (Å²) in [7, 11) is 1.69. The van der Waals surface area contributed by atoms with Crippen molar-refractivity contribution in [3.05, 3.63) is 71.6 Å². The molecule has 156 valence electrons. The topological polar surface area (TPSA) is 88.9 Å². The third-order valence-corrected chi connectivity index (χ3v) is 5.22. The van der Waals surface area contributed by atoms with Gasteiger partial charge in [0, 0.05) is 7.05 Å². The van der Waals surface area contributed by atoms with Crippen molar-refractivity contribution in [3.63, 3.8) is 0 Å². The first-order chi connectivity index (χ1) is 14.4. The van der Waals surface area contributed by atoms with Gasteiger partial charge in [-0.25, -0.2) is 8.78 Å². The number of carbonyl (C=O) groups is 2. The fraction of sp³-hybridized carbons (Fsp3) is 0.200. The molecule has 0 saturated heterocycles. The zero-order valence-corrected chi connectivity index (χ0v) is 17.0. The van der Waals surface area contributed by atoms with E-state index in [1.54, 1.807) is 30.7 Å². The third kappa shape index (κ3) is 5.01. The molecule has 7 nitrogen and oxygen atoms in total. The number of benzene rings is 2. The Hall–Kier alpha value is -3.27. The normalized spacial score (nSPS) is 11.7. The summed E-state index contributed by atoms with van der Waals surface area (Å²) < 4.78 is 29.0. The number of nitrogens with one attached hydrogen (secondary N) is 2. The lowest BCUT2D eigenvalue weighted by Crippen LogP contribution is -2.29. The van der Waals surface area contributed by atoms with E-state index in [4.69, 9.17) is 0 Å². The molecule has 1 atom stereocenters. The predicted molar refractivity (Wildman–Crippen MR) is 109 cm³/mol. The second kappa shape index (κ2) is 9.49. The minimum Gasteiger partial charge on any atom is -0.342 e. The quantitative estimate of drug-likeness (QED) is 0.561. The molecule has 2 aromatic carbocycles. The van der Waals surface area contributed by atoms with Crippen LogP contribution < -0.4 is 10.6 Å². The number of aromatic nitrogens is 3. The lowest BCUT2D eigenvalue weighted by Gasteiger charge is -2.14. The molecular weight excluding hydrogens is 412 g/mol. The molecule has 0 radical (unpaired) electrons. The Bertz CT molecular complexity index is 1070. The number of hydrogen-bond donors (Lipinski definition) is 2. The summed E-state index contributed by atoms with van der Waals surface area (Å²) in [5, 5.41) is 13.7. The molecular formula is C20H19F2N5O2S. The molecule has 2 amide bonds. The highest BCUT2D eigenvalue weighted by Gasteiger charge is 2.20. The summed E-state index contributed by atoms with van der Waals surface area (Å²) in [4.78, 5) is 24.4. The van der Waals surface area contributed by atoms with Crippen LogP contribution in [0.1, 0.15) is 29.1 Å². The van der Waals surface area contributed by atoms with Crippen molar-refractivity contribution in [2.24, 2.45) is 7.05 Å². The molecule has 2 N–H and O–H groups in total. The summed E-state index contributed by atoms with van der Waals surface area (Å²) in [5.41, 5.74) is 0.0390. The lowest BCUT2D eigenvalue weighted by atomic mass is 10.2. The summed E-state index contributed by atoms with van der Waals surface area (Å²) >= 11 is 1.12. The molecule has 0 aliphatic heterocycles. The van der Waals surface area contributed by atoms with Crippen LogP contribution in [0.15, 0.2) is 53.7 Å². The maximum absolute atomic E-state index is 13.8. The summed E-state index contributed by atoms with van der Waals surface area (Å²) in [6, 6.07) is 11.0. The number of carbonyl (C=O) groups excluding carboxylic acids is 2.